The molecular weight excluding hydrogens is 350 g/mol. The Labute approximate surface area is 146 Å². The zero-order valence-corrected chi connectivity index (χ0v) is 14.6. The summed E-state index contributed by atoms with van der Waals surface area (Å²) in [5.74, 6) is -1.87. The van der Waals surface area contributed by atoms with Crippen LogP contribution >= 0.6 is 0 Å². The van der Waals surface area contributed by atoms with E-state index < -0.39 is 40.2 Å². The minimum absolute atomic E-state index is 0.0560. The van der Waals surface area contributed by atoms with Crippen LogP contribution in [0.4, 0.5) is 4.79 Å². The summed E-state index contributed by atoms with van der Waals surface area (Å²) in [5.41, 5.74) is 0.800. The lowest BCUT2D eigenvalue weighted by Crippen LogP contribution is -2.48. The molecule has 1 saturated carbocycles. The quantitative estimate of drug-likeness (QED) is 0.728. The van der Waals surface area contributed by atoms with Gasteiger partial charge in [-0.1, -0.05) is 30.3 Å². The molecule has 8 nitrogen and oxygen atoms in total. The first-order chi connectivity index (χ1) is 11.7. The summed E-state index contributed by atoms with van der Waals surface area (Å²) >= 11 is 0. The van der Waals surface area contributed by atoms with Crippen LogP contribution < -0.4 is 5.32 Å². The van der Waals surface area contributed by atoms with E-state index in [1.807, 2.05) is 18.2 Å². The predicted octanol–water partition coefficient (Wildman–Crippen LogP) is 1.51. The third-order valence-electron chi connectivity index (χ3n) is 3.95. The second-order valence-corrected chi connectivity index (χ2v) is 7.59. The Bertz CT molecular complexity index is 704. The van der Waals surface area contributed by atoms with Gasteiger partial charge in [-0.05, 0) is 24.8 Å². The number of benzene rings is 1. The Morgan fingerprint density at radius 1 is 1.24 bits per heavy atom. The number of carboxylic acids is 1. The second-order valence-electron chi connectivity index (χ2n) is 5.99. The topological polar surface area (TPSA) is 119 Å². The number of nitrogens with one attached hydrogen (secondary N) is 1. The van der Waals surface area contributed by atoms with E-state index in [9.17, 15) is 23.1 Å². The first kappa shape index (κ1) is 19.2. The lowest BCUT2D eigenvalue weighted by atomic mass is 9.83. The van der Waals surface area contributed by atoms with Gasteiger partial charge < -0.3 is 15.2 Å². The average Bonchev–Trinajstić information content (AvgIpc) is 2.52. The van der Waals surface area contributed by atoms with Gasteiger partial charge in [0.1, 0.15) is 6.61 Å². The molecule has 2 rings (SSSR count). The van der Waals surface area contributed by atoms with Crippen molar-refractivity contribution in [3.8, 4) is 0 Å². The molecule has 1 amide bonds. The van der Waals surface area contributed by atoms with Crippen LogP contribution in [-0.2, 0) is 30.4 Å². The molecule has 1 aliphatic rings. The van der Waals surface area contributed by atoms with Gasteiger partial charge in [0.05, 0.1) is 18.3 Å². The molecule has 3 atom stereocenters. The standard InChI is InChI=1S/C16H21NO7S/c1-25(21,22)24-12-7-8-13(15(18)19)14(9-12)17-16(20)23-10-11-5-3-2-4-6-11/h2-6,12-14H,7-10H2,1H3,(H,17,20)(H,18,19)/t12-,13+,14-/m1/s1. The summed E-state index contributed by atoms with van der Waals surface area (Å²) < 4.78 is 32.5. The van der Waals surface area contributed by atoms with E-state index in [2.05, 4.69) is 5.32 Å². The van der Waals surface area contributed by atoms with Crippen LogP contribution in [0.5, 0.6) is 0 Å². The molecule has 0 bridgehead atoms. The Morgan fingerprint density at radius 3 is 2.52 bits per heavy atom. The number of carboxylic acid groups (broad SMARTS) is 1. The number of aliphatic carboxylic acids is 1. The second kappa shape index (κ2) is 8.30. The summed E-state index contributed by atoms with van der Waals surface area (Å²) in [7, 11) is -3.65. The predicted molar refractivity (Wildman–Crippen MR) is 88.2 cm³/mol. The van der Waals surface area contributed by atoms with Gasteiger partial charge in [-0.2, -0.15) is 8.42 Å². The van der Waals surface area contributed by atoms with Gasteiger partial charge in [0.15, 0.2) is 0 Å². The van der Waals surface area contributed by atoms with Crippen molar-refractivity contribution in [1.82, 2.24) is 5.32 Å². The molecule has 0 unspecified atom stereocenters. The highest BCUT2D eigenvalue weighted by molar-refractivity contribution is 7.86. The summed E-state index contributed by atoms with van der Waals surface area (Å²) in [6, 6.07) is 8.29. The molecule has 0 heterocycles. The van der Waals surface area contributed by atoms with Crippen LogP contribution in [0.25, 0.3) is 0 Å². The first-order valence-corrected chi connectivity index (χ1v) is 9.64. The van der Waals surface area contributed by atoms with Crippen molar-refractivity contribution >= 4 is 22.2 Å². The number of ether oxygens (including phenoxy) is 1. The molecule has 0 spiro atoms. The molecule has 1 fully saturated rings. The summed E-state index contributed by atoms with van der Waals surface area (Å²) in [4.78, 5) is 23.3. The molecule has 0 aliphatic heterocycles. The highest BCUT2D eigenvalue weighted by Gasteiger charge is 2.37. The highest BCUT2D eigenvalue weighted by atomic mass is 32.2. The maximum atomic E-state index is 12.0. The van der Waals surface area contributed by atoms with E-state index in [4.69, 9.17) is 8.92 Å². The van der Waals surface area contributed by atoms with Crippen LogP contribution in [0.3, 0.4) is 0 Å². The normalized spacial score (nSPS) is 23.6. The number of amides is 1. The van der Waals surface area contributed by atoms with Crippen molar-refractivity contribution < 1.29 is 32.0 Å². The fourth-order valence-electron chi connectivity index (χ4n) is 2.84. The fourth-order valence-corrected chi connectivity index (χ4v) is 3.51. The molecule has 1 aromatic rings. The molecule has 0 radical (unpaired) electrons. The Hall–Kier alpha value is -2.13. The number of carbonyl (C=O) groups excluding carboxylic acids is 1. The van der Waals surface area contributed by atoms with Gasteiger partial charge in [-0.15, -0.1) is 0 Å². The number of rotatable bonds is 6. The van der Waals surface area contributed by atoms with Gasteiger partial charge in [-0.25, -0.2) is 4.79 Å². The number of alkyl carbamates (subject to hydrolysis) is 1. The van der Waals surface area contributed by atoms with Gasteiger partial charge in [0.25, 0.3) is 10.1 Å². The van der Waals surface area contributed by atoms with Crippen molar-refractivity contribution in [3.05, 3.63) is 35.9 Å². The van der Waals surface area contributed by atoms with Gasteiger partial charge in [0, 0.05) is 6.04 Å². The van der Waals surface area contributed by atoms with Crippen LogP contribution in [0.15, 0.2) is 30.3 Å². The van der Waals surface area contributed by atoms with Crippen molar-refractivity contribution in [2.45, 2.75) is 38.0 Å². The summed E-state index contributed by atoms with van der Waals surface area (Å²) in [5, 5.41) is 11.8. The Morgan fingerprint density at radius 2 is 1.92 bits per heavy atom. The number of hydrogen-bond acceptors (Lipinski definition) is 6. The van der Waals surface area contributed by atoms with Crippen LogP contribution in [0.2, 0.25) is 0 Å². The maximum Gasteiger partial charge on any atom is 0.407 e. The molecule has 25 heavy (non-hydrogen) atoms. The molecule has 1 aliphatic carbocycles. The van der Waals surface area contributed by atoms with Crippen molar-refractivity contribution in [2.75, 3.05) is 6.26 Å². The van der Waals surface area contributed by atoms with Crippen LogP contribution in [0.1, 0.15) is 24.8 Å². The van der Waals surface area contributed by atoms with E-state index in [0.717, 1.165) is 11.8 Å². The summed E-state index contributed by atoms with van der Waals surface area (Å²) in [6.07, 6.45) is 0.114. The molecule has 138 valence electrons. The SMILES string of the molecule is CS(=O)(=O)O[C@@H]1CC[C@H](C(=O)O)[C@H](NC(=O)OCc2ccccc2)C1. The maximum absolute atomic E-state index is 12.0. The third kappa shape index (κ3) is 6.35. The Balaban J connectivity index is 1.94. The first-order valence-electron chi connectivity index (χ1n) is 7.83. The average molecular weight is 371 g/mol. The van der Waals surface area contributed by atoms with Crippen molar-refractivity contribution in [3.63, 3.8) is 0 Å². The smallest absolute Gasteiger partial charge is 0.407 e. The molecule has 9 heteroatoms. The Kier molecular flexibility index (Phi) is 6.38. The van der Waals surface area contributed by atoms with Crippen molar-refractivity contribution in [1.29, 1.82) is 0 Å². The monoisotopic (exact) mass is 371 g/mol. The van der Waals surface area contributed by atoms with Crippen LogP contribution in [0, 0.1) is 5.92 Å². The third-order valence-corrected chi connectivity index (χ3v) is 4.57. The zero-order chi connectivity index (χ0) is 18.4. The minimum Gasteiger partial charge on any atom is -0.481 e. The zero-order valence-electron chi connectivity index (χ0n) is 13.8. The summed E-state index contributed by atoms with van der Waals surface area (Å²) in [6.45, 7) is 0.0560. The van der Waals surface area contributed by atoms with E-state index in [0.29, 0.717) is 6.42 Å². The highest BCUT2D eigenvalue weighted by Crippen LogP contribution is 2.28. The van der Waals surface area contributed by atoms with E-state index in [-0.39, 0.29) is 19.4 Å². The number of carbonyl (C=O) groups is 2. The van der Waals surface area contributed by atoms with Gasteiger partial charge in [-0.3, -0.25) is 8.98 Å². The molecule has 1 aromatic carbocycles. The lowest BCUT2D eigenvalue weighted by molar-refractivity contribution is -0.144. The van der Waals surface area contributed by atoms with Crippen LogP contribution in [-0.4, -0.2) is 44.0 Å². The molecular formula is C16H21NO7S. The molecule has 2 N–H and O–H groups in total. The van der Waals surface area contributed by atoms with E-state index >= 15 is 0 Å². The number of hydrogen-bond donors (Lipinski definition) is 2. The largest absolute Gasteiger partial charge is 0.481 e. The lowest BCUT2D eigenvalue weighted by Gasteiger charge is -2.33. The minimum atomic E-state index is -3.65. The fraction of sp³-hybridized carbons (Fsp3) is 0.500. The van der Waals surface area contributed by atoms with E-state index in [1.165, 1.54) is 0 Å². The van der Waals surface area contributed by atoms with Gasteiger partial charge in [0.2, 0.25) is 0 Å². The van der Waals surface area contributed by atoms with E-state index in [1.54, 1.807) is 12.1 Å². The van der Waals surface area contributed by atoms with Gasteiger partial charge >= 0.3 is 12.1 Å². The molecule has 0 saturated heterocycles. The van der Waals surface area contributed by atoms with Crippen molar-refractivity contribution in [2.24, 2.45) is 5.92 Å². The molecule has 0 aromatic heterocycles.